The molecular weight excluding hydrogens is 236 g/mol. The largest absolute Gasteiger partial charge is 0.385 e. The van der Waals surface area contributed by atoms with Crippen molar-refractivity contribution < 1.29 is 4.79 Å². The van der Waals surface area contributed by atoms with Gasteiger partial charge in [-0.05, 0) is 55.9 Å². The van der Waals surface area contributed by atoms with Crippen molar-refractivity contribution in [2.75, 3.05) is 18.4 Å². The van der Waals surface area contributed by atoms with Crippen LogP contribution in [0.15, 0.2) is 24.3 Å². The van der Waals surface area contributed by atoms with Gasteiger partial charge in [-0.2, -0.15) is 0 Å². The molecule has 2 N–H and O–H groups in total. The summed E-state index contributed by atoms with van der Waals surface area (Å²) in [6, 6.07) is 7.67. The molecule has 1 fully saturated rings. The van der Waals surface area contributed by atoms with Crippen molar-refractivity contribution in [1.82, 2.24) is 5.32 Å². The standard InChI is InChI=1S/C16H24N2O/c1-3-16(10-5-11-16)12-18-15(19)13-6-8-14(9-7-13)17-4-2/h6-9,17H,3-5,10-12H2,1-2H3,(H,18,19). The lowest BCUT2D eigenvalue weighted by atomic mass is 9.67. The highest BCUT2D eigenvalue weighted by atomic mass is 16.1. The molecule has 1 aliphatic rings. The highest BCUT2D eigenvalue weighted by molar-refractivity contribution is 5.94. The van der Waals surface area contributed by atoms with Crippen LogP contribution in [0.5, 0.6) is 0 Å². The number of nitrogens with one attached hydrogen (secondary N) is 2. The summed E-state index contributed by atoms with van der Waals surface area (Å²) >= 11 is 0. The van der Waals surface area contributed by atoms with Gasteiger partial charge in [0.1, 0.15) is 0 Å². The van der Waals surface area contributed by atoms with E-state index >= 15 is 0 Å². The molecule has 0 saturated heterocycles. The van der Waals surface area contributed by atoms with E-state index in [4.69, 9.17) is 0 Å². The van der Waals surface area contributed by atoms with Gasteiger partial charge in [0.05, 0.1) is 0 Å². The van der Waals surface area contributed by atoms with Gasteiger partial charge in [0, 0.05) is 24.3 Å². The predicted octanol–water partition coefficient (Wildman–Crippen LogP) is 3.43. The van der Waals surface area contributed by atoms with E-state index in [1.807, 2.05) is 24.3 Å². The summed E-state index contributed by atoms with van der Waals surface area (Å²) in [5.74, 6) is 0.0442. The summed E-state index contributed by atoms with van der Waals surface area (Å²) in [5, 5.41) is 6.31. The molecule has 0 atom stereocenters. The monoisotopic (exact) mass is 260 g/mol. The van der Waals surface area contributed by atoms with Crippen molar-refractivity contribution in [2.45, 2.75) is 39.5 Å². The highest BCUT2D eigenvalue weighted by Gasteiger charge is 2.35. The van der Waals surface area contributed by atoms with Crippen LogP contribution in [-0.4, -0.2) is 19.0 Å². The van der Waals surface area contributed by atoms with Crippen molar-refractivity contribution >= 4 is 11.6 Å². The Hall–Kier alpha value is -1.51. The molecule has 1 aromatic rings. The van der Waals surface area contributed by atoms with Crippen LogP contribution in [0.3, 0.4) is 0 Å². The Balaban J connectivity index is 1.89. The van der Waals surface area contributed by atoms with Crippen LogP contribution in [-0.2, 0) is 0 Å². The predicted molar refractivity (Wildman–Crippen MR) is 79.5 cm³/mol. The lowest BCUT2D eigenvalue weighted by molar-refractivity contribution is 0.0850. The quantitative estimate of drug-likeness (QED) is 0.822. The topological polar surface area (TPSA) is 41.1 Å². The third-order valence-corrected chi connectivity index (χ3v) is 4.32. The molecule has 0 aliphatic heterocycles. The molecule has 0 unspecified atom stereocenters. The number of amides is 1. The fourth-order valence-corrected chi connectivity index (χ4v) is 2.65. The van der Waals surface area contributed by atoms with Crippen LogP contribution in [0, 0.1) is 5.41 Å². The molecule has 0 heterocycles. The van der Waals surface area contributed by atoms with Crippen molar-refractivity contribution in [3.63, 3.8) is 0 Å². The van der Waals surface area contributed by atoms with E-state index in [1.165, 1.54) is 19.3 Å². The van der Waals surface area contributed by atoms with Gasteiger partial charge in [-0.25, -0.2) is 0 Å². The Morgan fingerprint density at radius 1 is 1.21 bits per heavy atom. The first-order valence-electron chi connectivity index (χ1n) is 7.31. The smallest absolute Gasteiger partial charge is 0.251 e. The first kappa shape index (κ1) is 13.9. The summed E-state index contributed by atoms with van der Waals surface area (Å²) < 4.78 is 0. The molecule has 19 heavy (non-hydrogen) atoms. The van der Waals surface area contributed by atoms with Gasteiger partial charge in [-0.3, -0.25) is 4.79 Å². The van der Waals surface area contributed by atoms with Gasteiger partial charge < -0.3 is 10.6 Å². The Labute approximate surface area is 115 Å². The second kappa shape index (κ2) is 6.09. The lowest BCUT2D eigenvalue weighted by Gasteiger charge is -2.41. The van der Waals surface area contributed by atoms with E-state index in [0.717, 1.165) is 30.8 Å². The van der Waals surface area contributed by atoms with Crippen LogP contribution < -0.4 is 10.6 Å². The number of benzene rings is 1. The molecule has 0 aromatic heterocycles. The SMILES string of the molecule is CCNc1ccc(C(=O)NCC2(CC)CCC2)cc1. The summed E-state index contributed by atoms with van der Waals surface area (Å²) in [6.07, 6.45) is 4.97. The molecule has 104 valence electrons. The molecule has 0 bridgehead atoms. The summed E-state index contributed by atoms with van der Waals surface area (Å²) in [4.78, 5) is 12.1. The van der Waals surface area contributed by atoms with Crippen LogP contribution >= 0.6 is 0 Å². The molecule has 1 amide bonds. The number of anilines is 1. The molecule has 1 aromatic carbocycles. The molecule has 2 rings (SSSR count). The number of hydrogen-bond donors (Lipinski definition) is 2. The lowest BCUT2D eigenvalue weighted by Crippen LogP contribution is -2.41. The maximum Gasteiger partial charge on any atom is 0.251 e. The third kappa shape index (κ3) is 3.28. The van der Waals surface area contributed by atoms with Crippen LogP contribution in [0.25, 0.3) is 0 Å². The van der Waals surface area contributed by atoms with E-state index in [9.17, 15) is 4.79 Å². The fourth-order valence-electron chi connectivity index (χ4n) is 2.65. The first-order chi connectivity index (χ1) is 9.19. The van der Waals surface area contributed by atoms with Crippen LogP contribution in [0.4, 0.5) is 5.69 Å². The van der Waals surface area contributed by atoms with E-state index in [2.05, 4.69) is 24.5 Å². The van der Waals surface area contributed by atoms with Crippen molar-refractivity contribution in [2.24, 2.45) is 5.41 Å². The van der Waals surface area contributed by atoms with E-state index in [-0.39, 0.29) is 5.91 Å². The van der Waals surface area contributed by atoms with E-state index in [1.54, 1.807) is 0 Å². The molecule has 0 spiro atoms. The zero-order valence-electron chi connectivity index (χ0n) is 12.0. The summed E-state index contributed by atoms with van der Waals surface area (Å²) in [5.41, 5.74) is 2.18. The third-order valence-electron chi connectivity index (χ3n) is 4.32. The molecular formula is C16H24N2O. The second-order valence-corrected chi connectivity index (χ2v) is 5.50. The average Bonchev–Trinajstić information content (AvgIpc) is 2.39. The minimum atomic E-state index is 0.0442. The Kier molecular flexibility index (Phi) is 4.46. The van der Waals surface area contributed by atoms with Gasteiger partial charge in [-0.1, -0.05) is 13.3 Å². The number of rotatable bonds is 6. The minimum Gasteiger partial charge on any atom is -0.385 e. The molecule has 0 radical (unpaired) electrons. The van der Waals surface area contributed by atoms with Crippen LogP contribution in [0.1, 0.15) is 49.9 Å². The van der Waals surface area contributed by atoms with Gasteiger partial charge >= 0.3 is 0 Å². The van der Waals surface area contributed by atoms with Gasteiger partial charge in [0.15, 0.2) is 0 Å². The Morgan fingerprint density at radius 2 is 1.89 bits per heavy atom. The van der Waals surface area contributed by atoms with Crippen molar-refractivity contribution in [3.05, 3.63) is 29.8 Å². The number of carbonyl (C=O) groups is 1. The highest BCUT2D eigenvalue weighted by Crippen LogP contribution is 2.43. The van der Waals surface area contributed by atoms with E-state index in [0.29, 0.717) is 5.41 Å². The zero-order chi connectivity index (χ0) is 13.7. The second-order valence-electron chi connectivity index (χ2n) is 5.50. The Bertz CT molecular complexity index is 415. The zero-order valence-corrected chi connectivity index (χ0v) is 12.0. The van der Waals surface area contributed by atoms with Crippen molar-refractivity contribution in [1.29, 1.82) is 0 Å². The maximum atomic E-state index is 12.1. The normalized spacial score (nSPS) is 16.5. The first-order valence-corrected chi connectivity index (χ1v) is 7.31. The number of hydrogen-bond acceptors (Lipinski definition) is 2. The average molecular weight is 260 g/mol. The van der Waals surface area contributed by atoms with Crippen molar-refractivity contribution in [3.8, 4) is 0 Å². The van der Waals surface area contributed by atoms with Gasteiger partial charge in [0.2, 0.25) is 0 Å². The molecule has 1 aliphatic carbocycles. The fraction of sp³-hybridized carbons (Fsp3) is 0.562. The maximum absolute atomic E-state index is 12.1. The summed E-state index contributed by atoms with van der Waals surface area (Å²) in [6.45, 7) is 5.99. The molecule has 1 saturated carbocycles. The van der Waals surface area contributed by atoms with E-state index < -0.39 is 0 Å². The summed E-state index contributed by atoms with van der Waals surface area (Å²) in [7, 11) is 0. The molecule has 3 nitrogen and oxygen atoms in total. The van der Waals surface area contributed by atoms with Crippen LogP contribution in [0.2, 0.25) is 0 Å². The molecule has 3 heteroatoms. The minimum absolute atomic E-state index is 0.0442. The Morgan fingerprint density at radius 3 is 2.37 bits per heavy atom. The van der Waals surface area contributed by atoms with Gasteiger partial charge in [0.25, 0.3) is 5.91 Å². The van der Waals surface area contributed by atoms with Gasteiger partial charge in [-0.15, -0.1) is 0 Å². The number of carbonyl (C=O) groups excluding carboxylic acids is 1.